The standard InChI is InChI=1S/C46H48F4N2O4/c1-7-9-14-31(8-2)25-52-39-20-19-32(42(51-56-30(6)53)35-17-12-13-18-40(35)55-26-46(49,50)45(47)48)23-36(39)37-24-38(33-15-10-11-16-34(33)43(37)52)44(54)41-28(4)21-27(3)22-29(41)5/h10-13,15-24,31,36,39,45H,7-9,14,25-26H2,1-6H3/b51-42-. The third-order valence-corrected chi connectivity index (χ3v) is 10.8. The zero-order valence-corrected chi connectivity index (χ0v) is 32.7. The van der Waals surface area contributed by atoms with E-state index in [1.165, 1.54) is 19.1 Å². The number of ether oxygens (including phenoxy) is 1. The third kappa shape index (κ3) is 8.15. The molecular weight excluding hydrogens is 721 g/mol. The van der Waals surface area contributed by atoms with Crippen molar-refractivity contribution in [1.82, 2.24) is 0 Å². The normalized spacial score (nSPS) is 17.2. The van der Waals surface area contributed by atoms with E-state index in [0.717, 1.165) is 70.9 Å². The van der Waals surface area contributed by atoms with Crippen LogP contribution < -0.4 is 9.64 Å². The average Bonchev–Trinajstić information content (AvgIpc) is 3.47. The number of alkyl halides is 4. The quantitative estimate of drug-likeness (QED) is 0.0396. The van der Waals surface area contributed by atoms with Crippen LogP contribution in [0.4, 0.5) is 23.2 Å². The van der Waals surface area contributed by atoms with Crippen molar-refractivity contribution in [3.8, 4) is 5.75 Å². The maximum atomic E-state index is 14.7. The highest BCUT2D eigenvalue weighted by molar-refractivity contribution is 6.20. The lowest BCUT2D eigenvalue weighted by atomic mass is 9.83. The van der Waals surface area contributed by atoms with Gasteiger partial charge in [0, 0.05) is 52.7 Å². The molecule has 0 amide bonds. The van der Waals surface area contributed by atoms with Crippen LogP contribution >= 0.6 is 0 Å². The summed E-state index contributed by atoms with van der Waals surface area (Å²) < 4.78 is 59.5. The maximum Gasteiger partial charge on any atom is 0.340 e. The Bertz CT molecular complexity index is 2200. The molecule has 0 N–H and O–H groups in total. The number of unbranched alkanes of at least 4 members (excludes halogenated alkanes) is 1. The van der Waals surface area contributed by atoms with E-state index >= 15 is 0 Å². The number of fused-ring (bicyclic) bond motifs is 5. The van der Waals surface area contributed by atoms with Crippen LogP contribution in [0, 0.1) is 26.7 Å². The van der Waals surface area contributed by atoms with Crippen LogP contribution in [-0.4, -0.2) is 49.0 Å². The zero-order chi connectivity index (χ0) is 40.3. The molecule has 0 radical (unpaired) electrons. The first-order chi connectivity index (χ1) is 26.7. The number of benzene rings is 4. The third-order valence-electron chi connectivity index (χ3n) is 10.8. The van der Waals surface area contributed by atoms with Crippen molar-refractivity contribution < 1.29 is 36.7 Å². The largest absolute Gasteiger partial charge is 0.486 e. The number of carbonyl (C=O) groups excluding carboxylic acids is 2. The van der Waals surface area contributed by atoms with Crippen LogP contribution in [0.5, 0.6) is 5.75 Å². The van der Waals surface area contributed by atoms with Gasteiger partial charge in [0.1, 0.15) is 11.5 Å². The SMILES string of the molecule is CCCCC(CC)CN1c2c(cc(C(=O)c3c(C)cc(C)cc3C)c3ccccc23)C2C=C(/C(=N/OC(C)=O)c3ccccc3OCC(F)(F)C(F)F)C=CC21. The first kappa shape index (κ1) is 40.4. The van der Waals surface area contributed by atoms with E-state index in [1.807, 2.05) is 69.3 Å². The van der Waals surface area contributed by atoms with E-state index in [-0.39, 0.29) is 34.8 Å². The van der Waals surface area contributed by atoms with E-state index < -0.39 is 24.9 Å². The number of aryl methyl sites for hydroxylation is 3. The van der Waals surface area contributed by atoms with Crippen molar-refractivity contribution in [2.24, 2.45) is 11.1 Å². The minimum absolute atomic E-state index is 0.0669. The zero-order valence-electron chi connectivity index (χ0n) is 32.7. The summed E-state index contributed by atoms with van der Waals surface area (Å²) in [5.41, 5.74) is 6.90. The molecule has 6 rings (SSSR count). The number of carbonyl (C=O) groups is 2. The lowest BCUT2D eigenvalue weighted by Crippen LogP contribution is -2.37. The molecule has 4 aromatic carbocycles. The number of rotatable bonds is 15. The van der Waals surface area contributed by atoms with Gasteiger partial charge < -0.3 is 14.5 Å². The fourth-order valence-electron chi connectivity index (χ4n) is 8.17. The molecule has 56 heavy (non-hydrogen) atoms. The molecule has 1 aliphatic carbocycles. The number of allylic oxidation sites excluding steroid dienone is 2. The molecule has 10 heteroatoms. The number of hydrogen-bond acceptors (Lipinski definition) is 6. The number of hydrogen-bond donors (Lipinski definition) is 0. The van der Waals surface area contributed by atoms with Gasteiger partial charge >= 0.3 is 18.3 Å². The molecule has 3 atom stereocenters. The number of nitrogens with zero attached hydrogens (tertiary/aromatic N) is 2. The summed E-state index contributed by atoms with van der Waals surface area (Å²) in [7, 11) is 0. The predicted octanol–water partition coefficient (Wildman–Crippen LogP) is 11.2. The second-order valence-corrected chi connectivity index (χ2v) is 14.9. The number of oxime groups is 1. The topological polar surface area (TPSA) is 68.2 Å². The summed E-state index contributed by atoms with van der Waals surface area (Å²) in [5.74, 6) is -5.20. The van der Waals surface area contributed by atoms with Gasteiger partial charge in [-0.15, -0.1) is 0 Å². The molecule has 0 aromatic heterocycles. The molecule has 0 bridgehead atoms. The van der Waals surface area contributed by atoms with Crippen LogP contribution in [-0.2, 0) is 9.63 Å². The molecule has 0 spiro atoms. The molecule has 3 unspecified atom stereocenters. The number of anilines is 1. The summed E-state index contributed by atoms with van der Waals surface area (Å²) in [4.78, 5) is 34.3. The van der Waals surface area contributed by atoms with Gasteiger partial charge in [-0.25, -0.2) is 13.6 Å². The summed E-state index contributed by atoms with van der Waals surface area (Å²) in [6.07, 6.45) is 6.26. The minimum atomic E-state index is -4.39. The van der Waals surface area contributed by atoms with E-state index in [0.29, 0.717) is 22.6 Å². The van der Waals surface area contributed by atoms with Gasteiger partial charge in [0.25, 0.3) is 0 Å². The molecule has 0 saturated carbocycles. The van der Waals surface area contributed by atoms with Crippen molar-refractivity contribution >= 4 is 33.9 Å². The summed E-state index contributed by atoms with van der Waals surface area (Å²) in [5, 5.41) is 5.99. The van der Waals surface area contributed by atoms with Gasteiger partial charge in [0.15, 0.2) is 12.4 Å². The first-order valence-corrected chi connectivity index (χ1v) is 19.2. The minimum Gasteiger partial charge on any atom is -0.486 e. The average molecular weight is 769 g/mol. The molecule has 294 valence electrons. The summed E-state index contributed by atoms with van der Waals surface area (Å²) in [6.45, 7) is 10.7. The van der Waals surface area contributed by atoms with E-state index in [2.05, 4.69) is 36.0 Å². The highest BCUT2D eigenvalue weighted by Crippen LogP contribution is 2.50. The van der Waals surface area contributed by atoms with Gasteiger partial charge in [0.2, 0.25) is 0 Å². The fourth-order valence-corrected chi connectivity index (χ4v) is 8.17. The second kappa shape index (κ2) is 16.9. The van der Waals surface area contributed by atoms with Crippen molar-refractivity contribution in [2.45, 2.75) is 91.5 Å². The molecule has 0 saturated heterocycles. The van der Waals surface area contributed by atoms with Crippen molar-refractivity contribution in [1.29, 1.82) is 0 Å². The van der Waals surface area contributed by atoms with Gasteiger partial charge in [-0.05, 0) is 73.4 Å². The van der Waals surface area contributed by atoms with Crippen molar-refractivity contribution in [3.05, 3.63) is 129 Å². The van der Waals surface area contributed by atoms with Gasteiger partial charge in [-0.1, -0.05) is 111 Å². The van der Waals surface area contributed by atoms with Crippen LogP contribution in [0.3, 0.4) is 0 Å². The smallest absolute Gasteiger partial charge is 0.340 e. The molecule has 1 aliphatic heterocycles. The van der Waals surface area contributed by atoms with Gasteiger partial charge in [0.05, 0.1) is 6.04 Å². The van der Waals surface area contributed by atoms with E-state index in [4.69, 9.17) is 9.57 Å². The number of halogens is 4. The fraction of sp³-hybridized carbons (Fsp3) is 0.370. The highest BCUT2D eigenvalue weighted by atomic mass is 19.3. The van der Waals surface area contributed by atoms with E-state index in [9.17, 15) is 27.2 Å². The Morgan fingerprint density at radius 1 is 0.929 bits per heavy atom. The van der Waals surface area contributed by atoms with Crippen LogP contribution in [0.15, 0.2) is 95.7 Å². The highest BCUT2D eigenvalue weighted by Gasteiger charge is 2.43. The Labute approximate surface area is 325 Å². The summed E-state index contributed by atoms with van der Waals surface area (Å²) >= 11 is 0. The Balaban J connectivity index is 1.53. The maximum absolute atomic E-state index is 14.7. The summed E-state index contributed by atoms with van der Waals surface area (Å²) in [6, 6.07) is 20.0. The monoisotopic (exact) mass is 768 g/mol. The van der Waals surface area contributed by atoms with Crippen LogP contribution in [0.1, 0.15) is 96.1 Å². The molecule has 0 fully saturated rings. The molecular formula is C46H48F4N2O4. The van der Waals surface area contributed by atoms with E-state index in [1.54, 1.807) is 12.1 Å². The molecule has 1 heterocycles. The van der Waals surface area contributed by atoms with Gasteiger partial charge in [-0.2, -0.15) is 8.78 Å². The predicted molar refractivity (Wildman–Crippen MR) is 214 cm³/mol. The number of para-hydroxylation sites is 1. The van der Waals surface area contributed by atoms with Crippen molar-refractivity contribution in [3.63, 3.8) is 0 Å². The Hall–Kier alpha value is -5.25. The molecule has 6 nitrogen and oxygen atoms in total. The lowest BCUT2D eigenvalue weighted by Gasteiger charge is -2.33. The van der Waals surface area contributed by atoms with Crippen LogP contribution in [0.25, 0.3) is 10.8 Å². The molecule has 4 aromatic rings. The van der Waals surface area contributed by atoms with Crippen LogP contribution in [0.2, 0.25) is 0 Å². The Morgan fingerprint density at radius 3 is 2.27 bits per heavy atom. The van der Waals surface area contributed by atoms with Crippen molar-refractivity contribution in [2.75, 3.05) is 18.1 Å². The molecule has 2 aliphatic rings. The lowest BCUT2D eigenvalue weighted by molar-refractivity contribution is -0.148. The number of ketones is 1. The first-order valence-electron chi connectivity index (χ1n) is 19.2. The Kier molecular flexibility index (Phi) is 12.2. The Morgan fingerprint density at radius 2 is 1.61 bits per heavy atom. The van der Waals surface area contributed by atoms with Gasteiger partial charge in [-0.3, -0.25) is 4.79 Å². The second-order valence-electron chi connectivity index (χ2n) is 14.9.